The third-order valence-corrected chi connectivity index (χ3v) is 6.09. The summed E-state index contributed by atoms with van der Waals surface area (Å²) in [6.07, 6.45) is 3.31. The van der Waals surface area contributed by atoms with Crippen molar-refractivity contribution in [1.29, 1.82) is 0 Å². The zero-order valence-electron chi connectivity index (χ0n) is 17.7. The van der Waals surface area contributed by atoms with Gasteiger partial charge in [-0.1, -0.05) is 48.2 Å². The Kier molecular flexibility index (Phi) is 6.11. The summed E-state index contributed by atoms with van der Waals surface area (Å²) in [4.78, 5) is 4.23. The van der Waals surface area contributed by atoms with Crippen LogP contribution < -0.4 is 9.46 Å². The molecule has 1 N–H and O–H groups in total. The van der Waals surface area contributed by atoms with Crippen molar-refractivity contribution in [3.8, 4) is 17.6 Å². The third-order valence-electron chi connectivity index (χ3n) is 4.67. The van der Waals surface area contributed by atoms with Crippen LogP contribution in [-0.4, -0.2) is 19.5 Å². The van der Waals surface area contributed by atoms with Crippen molar-refractivity contribution in [3.63, 3.8) is 0 Å². The molecule has 0 amide bonds. The topological polar surface area (TPSA) is 68.3 Å². The van der Waals surface area contributed by atoms with Gasteiger partial charge in [-0.15, -0.1) is 0 Å². The quantitative estimate of drug-likeness (QED) is 0.430. The summed E-state index contributed by atoms with van der Waals surface area (Å²) in [7, 11) is -3.88. The van der Waals surface area contributed by atoms with E-state index in [1.165, 1.54) is 0 Å². The van der Waals surface area contributed by atoms with Crippen molar-refractivity contribution in [2.45, 2.75) is 24.8 Å². The minimum Gasteiger partial charge on any atom is -0.490 e. The minimum atomic E-state index is -3.88. The van der Waals surface area contributed by atoms with Gasteiger partial charge < -0.3 is 4.74 Å². The van der Waals surface area contributed by atoms with Gasteiger partial charge in [0.25, 0.3) is 10.0 Å². The summed E-state index contributed by atoms with van der Waals surface area (Å²) in [5, 5.41) is 1.34. The number of nitrogens with zero attached hydrogens (tertiary/aromatic N) is 1. The first-order valence-corrected chi connectivity index (χ1v) is 11.6. The normalized spacial score (nSPS) is 11.1. The highest BCUT2D eigenvalue weighted by Crippen LogP contribution is 2.32. The van der Waals surface area contributed by atoms with Crippen LogP contribution in [0.1, 0.15) is 25.0 Å². The van der Waals surface area contributed by atoms with E-state index in [0.717, 1.165) is 10.9 Å². The molecule has 0 aliphatic rings. The highest BCUT2D eigenvalue weighted by Gasteiger charge is 2.20. The Balaban J connectivity index is 1.73. The molecular formula is C26H22N2O3S. The molecule has 0 bridgehead atoms. The van der Waals surface area contributed by atoms with Gasteiger partial charge in [-0.05, 0) is 50.2 Å². The number of aromatic nitrogens is 1. The van der Waals surface area contributed by atoms with E-state index >= 15 is 0 Å². The summed E-state index contributed by atoms with van der Waals surface area (Å²) in [6, 6.07) is 21.3. The fourth-order valence-corrected chi connectivity index (χ4v) is 4.58. The van der Waals surface area contributed by atoms with E-state index in [1.807, 2.05) is 44.2 Å². The highest BCUT2D eigenvalue weighted by molar-refractivity contribution is 7.93. The van der Waals surface area contributed by atoms with Crippen LogP contribution in [0.25, 0.3) is 10.8 Å². The fourth-order valence-electron chi connectivity index (χ4n) is 3.29. The largest absolute Gasteiger partial charge is 0.490 e. The Bertz CT molecular complexity index is 1420. The lowest BCUT2D eigenvalue weighted by molar-refractivity contribution is 0.245. The average Bonchev–Trinajstić information content (AvgIpc) is 2.79. The van der Waals surface area contributed by atoms with Crippen LogP contribution in [0.3, 0.4) is 0 Å². The Hall–Kier alpha value is -3.82. The van der Waals surface area contributed by atoms with Gasteiger partial charge in [-0.2, -0.15) is 0 Å². The van der Waals surface area contributed by atoms with Crippen molar-refractivity contribution in [2.75, 3.05) is 4.72 Å². The lowest BCUT2D eigenvalue weighted by atomic mass is 10.1. The maximum atomic E-state index is 13.4. The summed E-state index contributed by atoms with van der Waals surface area (Å²) in [6.45, 7) is 3.87. The molecule has 1 heterocycles. The van der Waals surface area contributed by atoms with Crippen LogP contribution in [0.5, 0.6) is 5.75 Å². The maximum absolute atomic E-state index is 13.4. The van der Waals surface area contributed by atoms with Gasteiger partial charge >= 0.3 is 0 Å². The molecule has 0 saturated heterocycles. The monoisotopic (exact) mass is 442 g/mol. The van der Waals surface area contributed by atoms with Gasteiger partial charge in [-0.3, -0.25) is 9.71 Å². The van der Waals surface area contributed by atoms with Crippen LogP contribution in [0.15, 0.2) is 90.1 Å². The molecule has 4 aromatic rings. The summed E-state index contributed by atoms with van der Waals surface area (Å²) in [5.74, 6) is 6.70. The summed E-state index contributed by atoms with van der Waals surface area (Å²) >= 11 is 0. The van der Waals surface area contributed by atoms with E-state index in [1.54, 1.807) is 54.9 Å². The van der Waals surface area contributed by atoms with E-state index in [-0.39, 0.29) is 11.0 Å². The van der Waals surface area contributed by atoms with Crippen molar-refractivity contribution >= 4 is 26.5 Å². The molecule has 1 aromatic heterocycles. The molecule has 0 aliphatic carbocycles. The maximum Gasteiger partial charge on any atom is 0.262 e. The lowest BCUT2D eigenvalue weighted by Crippen LogP contribution is -2.15. The van der Waals surface area contributed by atoms with Gasteiger partial charge in [0, 0.05) is 34.3 Å². The zero-order valence-corrected chi connectivity index (χ0v) is 18.6. The van der Waals surface area contributed by atoms with Gasteiger partial charge in [0.2, 0.25) is 0 Å². The molecule has 0 spiro atoms. The van der Waals surface area contributed by atoms with E-state index in [2.05, 4.69) is 21.5 Å². The molecule has 4 rings (SSSR count). The van der Waals surface area contributed by atoms with Crippen LogP contribution in [0, 0.1) is 11.8 Å². The van der Waals surface area contributed by atoms with Gasteiger partial charge in [0.1, 0.15) is 5.75 Å². The number of pyridine rings is 1. The van der Waals surface area contributed by atoms with Crippen molar-refractivity contribution in [1.82, 2.24) is 4.98 Å². The van der Waals surface area contributed by atoms with Crippen molar-refractivity contribution in [3.05, 3.63) is 96.3 Å². The second-order valence-corrected chi connectivity index (χ2v) is 9.07. The standard InChI is InChI=1S/C26H22N2O3S/c1-19(2)31-25-15-16-26(23-11-5-4-10-22(23)25)32(29,30)28-24-12-6-3-9-21(24)14-13-20-8-7-17-27-18-20/h3-12,15-19,28H,1-2H3. The van der Waals surface area contributed by atoms with Crippen LogP contribution in [-0.2, 0) is 10.0 Å². The number of ether oxygens (including phenoxy) is 1. The minimum absolute atomic E-state index is 0.0238. The number of hydrogen-bond acceptors (Lipinski definition) is 4. The van der Waals surface area contributed by atoms with Crippen LogP contribution >= 0.6 is 0 Å². The van der Waals surface area contributed by atoms with Gasteiger partial charge in [0.05, 0.1) is 16.7 Å². The van der Waals surface area contributed by atoms with E-state index in [4.69, 9.17) is 4.74 Å². The predicted octanol–water partition coefficient (Wildman–Crippen LogP) is 5.22. The number of anilines is 1. The second kappa shape index (κ2) is 9.13. The third kappa shape index (κ3) is 4.74. The van der Waals surface area contributed by atoms with Gasteiger partial charge in [0.15, 0.2) is 0 Å². The zero-order chi connectivity index (χ0) is 22.6. The Morgan fingerprint density at radius 1 is 0.875 bits per heavy atom. The molecule has 0 atom stereocenters. The smallest absolute Gasteiger partial charge is 0.262 e. The summed E-state index contributed by atoms with van der Waals surface area (Å²) < 4.78 is 35.3. The Morgan fingerprint density at radius 3 is 2.38 bits per heavy atom. The first-order chi connectivity index (χ1) is 15.4. The van der Waals surface area contributed by atoms with E-state index < -0.39 is 10.0 Å². The van der Waals surface area contributed by atoms with Gasteiger partial charge in [-0.25, -0.2) is 8.42 Å². The Labute approximate surface area is 188 Å². The molecular weight excluding hydrogens is 420 g/mol. The van der Waals surface area contributed by atoms with Crippen LogP contribution in [0.2, 0.25) is 0 Å². The van der Waals surface area contributed by atoms with E-state index in [0.29, 0.717) is 22.4 Å². The number of hydrogen-bond donors (Lipinski definition) is 1. The molecule has 0 saturated carbocycles. The SMILES string of the molecule is CC(C)Oc1ccc(S(=O)(=O)Nc2ccccc2C#Cc2cccnc2)c2ccccc12. The fraction of sp³-hybridized carbons (Fsp3) is 0.115. The predicted molar refractivity (Wildman–Crippen MR) is 127 cm³/mol. The molecule has 0 unspecified atom stereocenters. The van der Waals surface area contributed by atoms with E-state index in [9.17, 15) is 8.42 Å². The second-order valence-electron chi connectivity index (χ2n) is 7.42. The molecule has 160 valence electrons. The van der Waals surface area contributed by atoms with Crippen molar-refractivity contribution < 1.29 is 13.2 Å². The number of benzene rings is 3. The molecule has 0 radical (unpaired) electrons. The molecule has 0 fully saturated rings. The number of fused-ring (bicyclic) bond motifs is 1. The molecule has 32 heavy (non-hydrogen) atoms. The number of para-hydroxylation sites is 1. The average molecular weight is 443 g/mol. The molecule has 3 aromatic carbocycles. The lowest BCUT2D eigenvalue weighted by Gasteiger charge is -2.16. The number of rotatable bonds is 5. The summed E-state index contributed by atoms with van der Waals surface area (Å²) in [5.41, 5.74) is 1.73. The first kappa shape index (κ1) is 21.4. The number of sulfonamides is 1. The van der Waals surface area contributed by atoms with Crippen molar-refractivity contribution in [2.24, 2.45) is 0 Å². The highest BCUT2D eigenvalue weighted by atomic mass is 32.2. The number of nitrogens with one attached hydrogen (secondary N) is 1. The molecule has 6 heteroatoms. The van der Waals surface area contributed by atoms with Crippen LogP contribution in [0.4, 0.5) is 5.69 Å². The molecule has 5 nitrogen and oxygen atoms in total. The molecule has 0 aliphatic heterocycles. The Morgan fingerprint density at radius 2 is 1.62 bits per heavy atom. The first-order valence-electron chi connectivity index (χ1n) is 10.2.